The van der Waals surface area contributed by atoms with Crippen molar-refractivity contribution < 1.29 is 9.59 Å². The first-order valence-electron chi connectivity index (χ1n) is 10.4. The number of nitrogens with one attached hydrogen (secondary N) is 2. The molecule has 0 saturated heterocycles. The number of benzene rings is 2. The molecule has 0 spiro atoms. The van der Waals surface area contributed by atoms with Crippen LogP contribution in [0.5, 0.6) is 0 Å². The average Bonchev–Trinajstić information content (AvgIpc) is 2.76. The molecule has 1 unspecified atom stereocenters. The van der Waals surface area contributed by atoms with Crippen molar-refractivity contribution in [2.24, 2.45) is 5.10 Å². The zero-order valence-electron chi connectivity index (χ0n) is 17.1. The second kappa shape index (κ2) is 13.3. The number of rotatable bonds is 12. The third-order valence-electron chi connectivity index (χ3n) is 4.65. The van der Waals surface area contributed by atoms with Gasteiger partial charge in [0.2, 0.25) is 5.91 Å². The van der Waals surface area contributed by atoms with E-state index < -0.39 is 6.04 Å². The number of hydrogen-bond acceptors (Lipinski definition) is 3. The largest absolute Gasteiger partial charge is 0.345 e. The van der Waals surface area contributed by atoms with E-state index >= 15 is 0 Å². The molecule has 0 aromatic heterocycles. The van der Waals surface area contributed by atoms with Gasteiger partial charge in [0.25, 0.3) is 5.91 Å². The molecule has 154 valence electrons. The van der Waals surface area contributed by atoms with Gasteiger partial charge in [-0.1, -0.05) is 81.1 Å². The smallest absolute Gasteiger partial charge is 0.251 e. The van der Waals surface area contributed by atoms with Crippen molar-refractivity contribution in [2.75, 3.05) is 0 Å². The molecular formula is C24H31N3O2. The summed E-state index contributed by atoms with van der Waals surface area (Å²) >= 11 is 0. The fourth-order valence-corrected chi connectivity index (χ4v) is 3.02. The molecule has 0 fully saturated rings. The van der Waals surface area contributed by atoms with Crippen molar-refractivity contribution in [2.45, 2.75) is 57.9 Å². The first-order chi connectivity index (χ1) is 14.2. The Morgan fingerprint density at radius 2 is 1.59 bits per heavy atom. The number of amides is 2. The van der Waals surface area contributed by atoms with Gasteiger partial charge in [-0.15, -0.1) is 0 Å². The number of hydrogen-bond donors (Lipinski definition) is 2. The normalized spacial score (nSPS) is 11.9. The highest BCUT2D eigenvalue weighted by molar-refractivity contribution is 5.94. The van der Waals surface area contributed by atoms with Gasteiger partial charge in [-0.25, -0.2) is 5.43 Å². The van der Waals surface area contributed by atoms with Gasteiger partial charge < -0.3 is 5.32 Å². The molecule has 2 rings (SSSR count). The Hall–Kier alpha value is -2.95. The van der Waals surface area contributed by atoms with Crippen LogP contribution < -0.4 is 10.7 Å². The summed E-state index contributed by atoms with van der Waals surface area (Å²) in [6.07, 6.45) is 8.75. The number of nitrogens with zero attached hydrogens (tertiary/aromatic N) is 1. The molecule has 2 aromatic carbocycles. The molecule has 5 heteroatoms. The van der Waals surface area contributed by atoms with E-state index in [1.807, 2.05) is 48.5 Å². The van der Waals surface area contributed by atoms with Crippen molar-refractivity contribution in [1.82, 2.24) is 10.7 Å². The van der Waals surface area contributed by atoms with Crippen LogP contribution in [-0.2, 0) is 4.79 Å². The lowest BCUT2D eigenvalue weighted by molar-refractivity contribution is -0.121. The van der Waals surface area contributed by atoms with Gasteiger partial charge in [0.1, 0.15) is 0 Å². The summed E-state index contributed by atoms with van der Waals surface area (Å²) in [5, 5.41) is 7.00. The van der Waals surface area contributed by atoms with Crippen LogP contribution in [0.25, 0.3) is 0 Å². The summed E-state index contributed by atoms with van der Waals surface area (Å²) < 4.78 is 0. The van der Waals surface area contributed by atoms with Crippen molar-refractivity contribution >= 4 is 18.0 Å². The lowest BCUT2D eigenvalue weighted by atomic mass is 10.0. The van der Waals surface area contributed by atoms with Crippen LogP contribution in [0.2, 0.25) is 0 Å². The predicted octanol–water partition coefficient (Wildman–Crippen LogP) is 5.01. The summed E-state index contributed by atoms with van der Waals surface area (Å²) in [6.45, 7) is 2.20. The fraction of sp³-hybridized carbons (Fsp3) is 0.375. The molecular weight excluding hydrogens is 362 g/mol. The van der Waals surface area contributed by atoms with E-state index in [0.717, 1.165) is 18.4 Å². The Morgan fingerprint density at radius 1 is 0.931 bits per heavy atom. The molecule has 2 aromatic rings. The molecule has 0 radical (unpaired) electrons. The van der Waals surface area contributed by atoms with Crippen LogP contribution in [0.15, 0.2) is 65.8 Å². The minimum absolute atomic E-state index is 0.121. The van der Waals surface area contributed by atoms with E-state index in [9.17, 15) is 9.59 Å². The summed E-state index contributed by atoms with van der Waals surface area (Å²) in [5.74, 6) is -0.433. The summed E-state index contributed by atoms with van der Waals surface area (Å²) in [7, 11) is 0. The van der Waals surface area contributed by atoms with E-state index in [-0.39, 0.29) is 18.2 Å². The molecule has 0 aliphatic heterocycles. The first-order valence-corrected chi connectivity index (χ1v) is 10.4. The summed E-state index contributed by atoms with van der Waals surface area (Å²) in [5.41, 5.74) is 4.02. The molecule has 0 aliphatic rings. The Morgan fingerprint density at radius 3 is 2.28 bits per heavy atom. The maximum absolute atomic E-state index is 12.5. The number of carbonyl (C=O) groups is 2. The molecule has 0 heterocycles. The van der Waals surface area contributed by atoms with Gasteiger partial charge >= 0.3 is 0 Å². The van der Waals surface area contributed by atoms with E-state index in [2.05, 4.69) is 22.8 Å². The van der Waals surface area contributed by atoms with Gasteiger partial charge in [-0.05, 0) is 30.5 Å². The third-order valence-corrected chi connectivity index (χ3v) is 4.65. The minimum atomic E-state index is -0.423. The third kappa shape index (κ3) is 8.73. The summed E-state index contributed by atoms with van der Waals surface area (Å²) in [4.78, 5) is 24.9. The van der Waals surface area contributed by atoms with E-state index in [4.69, 9.17) is 0 Å². The van der Waals surface area contributed by atoms with E-state index in [1.165, 1.54) is 25.7 Å². The van der Waals surface area contributed by atoms with Gasteiger partial charge in [0, 0.05) is 11.8 Å². The maximum Gasteiger partial charge on any atom is 0.251 e. The lowest BCUT2D eigenvalue weighted by Crippen LogP contribution is -2.32. The van der Waals surface area contributed by atoms with Crippen molar-refractivity contribution in [3.05, 3.63) is 71.8 Å². The highest BCUT2D eigenvalue weighted by Crippen LogP contribution is 2.17. The van der Waals surface area contributed by atoms with Crippen LogP contribution in [0.4, 0.5) is 0 Å². The minimum Gasteiger partial charge on any atom is -0.345 e. The van der Waals surface area contributed by atoms with Crippen molar-refractivity contribution in [3.8, 4) is 0 Å². The Kier molecular flexibility index (Phi) is 10.2. The Bertz CT molecular complexity index is 760. The predicted molar refractivity (Wildman–Crippen MR) is 118 cm³/mol. The van der Waals surface area contributed by atoms with Crippen LogP contribution in [0.1, 0.15) is 73.8 Å². The lowest BCUT2D eigenvalue weighted by Gasteiger charge is -2.18. The van der Waals surface area contributed by atoms with Crippen LogP contribution in [0.3, 0.4) is 0 Å². The number of carbonyl (C=O) groups excluding carboxylic acids is 2. The zero-order chi connectivity index (χ0) is 20.7. The van der Waals surface area contributed by atoms with Gasteiger partial charge in [0.05, 0.1) is 12.5 Å². The molecule has 29 heavy (non-hydrogen) atoms. The highest BCUT2D eigenvalue weighted by Gasteiger charge is 2.19. The molecule has 0 aliphatic carbocycles. The maximum atomic E-state index is 12.5. The first kappa shape index (κ1) is 22.3. The average molecular weight is 394 g/mol. The van der Waals surface area contributed by atoms with E-state index in [0.29, 0.717) is 5.56 Å². The standard InChI is InChI=1S/C24H31N3O2/c1-2-3-4-5-6-13-18-25-27-23(28)19-22(20-14-9-7-10-15-20)26-24(29)21-16-11-8-12-17-21/h7-12,14-18,22H,2-6,13,19H2,1H3,(H,26,29)(H,27,28). The second-order valence-corrected chi connectivity index (χ2v) is 7.06. The monoisotopic (exact) mass is 393 g/mol. The number of hydrazone groups is 1. The Labute approximate surface area is 173 Å². The molecule has 1 atom stereocenters. The quantitative estimate of drug-likeness (QED) is 0.302. The van der Waals surface area contributed by atoms with E-state index in [1.54, 1.807) is 18.3 Å². The van der Waals surface area contributed by atoms with Gasteiger partial charge in [-0.2, -0.15) is 5.10 Å². The number of unbranched alkanes of at least 4 members (excludes halogenated alkanes) is 5. The van der Waals surface area contributed by atoms with Crippen LogP contribution in [0, 0.1) is 0 Å². The highest BCUT2D eigenvalue weighted by atomic mass is 16.2. The molecule has 0 saturated carbocycles. The van der Waals surface area contributed by atoms with Crippen molar-refractivity contribution in [1.29, 1.82) is 0 Å². The molecule has 5 nitrogen and oxygen atoms in total. The van der Waals surface area contributed by atoms with Crippen LogP contribution >= 0.6 is 0 Å². The fourth-order valence-electron chi connectivity index (χ4n) is 3.02. The molecule has 2 amide bonds. The SMILES string of the molecule is CCCCCCCC=NNC(=O)CC(NC(=O)c1ccccc1)c1ccccc1. The van der Waals surface area contributed by atoms with Crippen molar-refractivity contribution in [3.63, 3.8) is 0 Å². The zero-order valence-corrected chi connectivity index (χ0v) is 17.1. The second-order valence-electron chi connectivity index (χ2n) is 7.06. The van der Waals surface area contributed by atoms with Gasteiger partial charge in [0.15, 0.2) is 0 Å². The van der Waals surface area contributed by atoms with Gasteiger partial charge in [-0.3, -0.25) is 9.59 Å². The molecule has 0 bridgehead atoms. The summed E-state index contributed by atoms with van der Waals surface area (Å²) in [6, 6.07) is 18.1. The van der Waals surface area contributed by atoms with Crippen LogP contribution in [-0.4, -0.2) is 18.0 Å². The Balaban J connectivity index is 1.87. The molecule has 2 N–H and O–H groups in total. The topological polar surface area (TPSA) is 70.6 Å².